The van der Waals surface area contributed by atoms with E-state index in [-0.39, 0.29) is 47.2 Å². The molecule has 9 nitrogen and oxygen atoms in total. The molecule has 1 amide bonds. The quantitative estimate of drug-likeness (QED) is 0.525. The summed E-state index contributed by atoms with van der Waals surface area (Å²) >= 11 is 6.19. The van der Waals surface area contributed by atoms with Crippen LogP contribution < -0.4 is 15.0 Å². The number of rotatable bonds is 7. The number of hydrogen-bond donors (Lipinski definition) is 2. The maximum Gasteiger partial charge on any atom is 0.254 e. The summed E-state index contributed by atoms with van der Waals surface area (Å²) in [6, 6.07) is 6.96. The molecule has 5 rings (SSSR count). The number of ether oxygens (including phenoxy) is 2. The smallest absolute Gasteiger partial charge is 0.254 e. The van der Waals surface area contributed by atoms with Crippen LogP contribution >= 0.6 is 11.6 Å². The van der Waals surface area contributed by atoms with Gasteiger partial charge in [0.2, 0.25) is 5.95 Å². The number of aromatic nitrogens is 2. The third kappa shape index (κ3) is 5.43. The Bertz CT molecular complexity index is 1230. The van der Waals surface area contributed by atoms with Crippen molar-refractivity contribution >= 4 is 23.5 Å². The molecule has 2 heterocycles. The lowest BCUT2D eigenvalue weighted by atomic mass is 9.49. The Morgan fingerprint density at radius 3 is 2.33 bits per heavy atom. The number of anilines is 1. The van der Waals surface area contributed by atoms with E-state index in [1.165, 1.54) is 0 Å². The Hall–Kier alpha value is -2.93. The van der Waals surface area contributed by atoms with Crippen LogP contribution in [0.2, 0.25) is 5.02 Å². The molecule has 0 atom stereocenters. The van der Waals surface area contributed by atoms with Gasteiger partial charge in [0.1, 0.15) is 17.9 Å². The molecule has 1 aromatic heterocycles. The molecule has 0 spiro atoms. The Morgan fingerprint density at radius 1 is 1.10 bits per heavy atom. The van der Waals surface area contributed by atoms with Gasteiger partial charge in [-0.05, 0) is 37.8 Å². The minimum Gasteiger partial charge on any atom is -0.489 e. The Kier molecular flexibility index (Phi) is 7.49. The maximum atomic E-state index is 13.1. The summed E-state index contributed by atoms with van der Waals surface area (Å²) in [4.78, 5) is 24.0. The van der Waals surface area contributed by atoms with Crippen LogP contribution in [0.25, 0.3) is 0 Å². The summed E-state index contributed by atoms with van der Waals surface area (Å²) in [7, 11) is 0. The predicted molar refractivity (Wildman–Crippen MR) is 147 cm³/mol. The van der Waals surface area contributed by atoms with Crippen molar-refractivity contribution in [1.29, 1.82) is 5.26 Å². The van der Waals surface area contributed by atoms with E-state index in [0.29, 0.717) is 27.8 Å². The zero-order valence-corrected chi connectivity index (χ0v) is 23.6. The van der Waals surface area contributed by atoms with Crippen molar-refractivity contribution in [3.63, 3.8) is 0 Å². The number of carbonyl (C=O) groups excluding carboxylic acids is 1. The van der Waals surface area contributed by atoms with Gasteiger partial charge >= 0.3 is 0 Å². The minimum absolute atomic E-state index is 0.148. The van der Waals surface area contributed by atoms with Gasteiger partial charge in [-0.25, -0.2) is 9.97 Å². The maximum absolute atomic E-state index is 13.1. The van der Waals surface area contributed by atoms with E-state index in [4.69, 9.17) is 26.3 Å². The molecule has 1 aromatic carbocycles. The molecule has 0 radical (unpaired) electrons. The van der Waals surface area contributed by atoms with Crippen LogP contribution in [0.5, 0.6) is 5.75 Å². The van der Waals surface area contributed by atoms with Crippen molar-refractivity contribution in [3.8, 4) is 11.8 Å². The van der Waals surface area contributed by atoms with Crippen molar-refractivity contribution in [3.05, 3.63) is 46.7 Å². The van der Waals surface area contributed by atoms with Gasteiger partial charge in [0, 0.05) is 48.4 Å². The molecule has 0 bridgehead atoms. The van der Waals surface area contributed by atoms with Gasteiger partial charge in [0.15, 0.2) is 0 Å². The van der Waals surface area contributed by atoms with Gasteiger partial charge < -0.3 is 24.8 Å². The van der Waals surface area contributed by atoms with E-state index in [1.54, 1.807) is 30.6 Å². The summed E-state index contributed by atoms with van der Waals surface area (Å²) in [5.41, 5.74) is 0.0905. The number of halogens is 1. The van der Waals surface area contributed by atoms with Crippen LogP contribution in [-0.2, 0) is 4.74 Å². The molecule has 0 unspecified atom stereocenters. The van der Waals surface area contributed by atoms with Gasteiger partial charge in [-0.15, -0.1) is 0 Å². The molecule has 2 aromatic rings. The topological polar surface area (TPSA) is 121 Å². The summed E-state index contributed by atoms with van der Waals surface area (Å²) in [5, 5.41) is 22.3. The Morgan fingerprint density at radius 2 is 1.74 bits per heavy atom. The highest BCUT2D eigenvalue weighted by atomic mass is 35.5. The molecule has 2 aliphatic carbocycles. The van der Waals surface area contributed by atoms with Crippen LogP contribution in [0.3, 0.4) is 0 Å². The largest absolute Gasteiger partial charge is 0.489 e. The average Bonchev–Trinajstić information content (AvgIpc) is 2.88. The van der Waals surface area contributed by atoms with E-state index in [1.807, 2.05) is 4.90 Å². The number of amides is 1. The lowest BCUT2D eigenvalue weighted by molar-refractivity contribution is -0.164. The second kappa shape index (κ2) is 10.6. The predicted octanol–water partition coefficient (Wildman–Crippen LogP) is 4.12. The molecule has 10 heteroatoms. The normalized spacial score (nSPS) is 27.6. The van der Waals surface area contributed by atoms with Gasteiger partial charge in [0.05, 0.1) is 34.5 Å². The summed E-state index contributed by atoms with van der Waals surface area (Å²) in [6.07, 6.45) is 6.57. The number of carbonyl (C=O) groups is 1. The first-order valence-corrected chi connectivity index (χ1v) is 13.9. The van der Waals surface area contributed by atoms with Crippen molar-refractivity contribution in [2.45, 2.75) is 83.8 Å². The lowest BCUT2D eigenvalue weighted by Crippen LogP contribution is -2.74. The molecule has 2 N–H and O–H groups in total. The molecular weight excluding hydrogens is 518 g/mol. The highest BCUT2D eigenvalue weighted by molar-refractivity contribution is 6.31. The van der Waals surface area contributed by atoms with Crippen molar-refractivity contribution in [1.82, 2.24) is 15.3 Å². The Balaban J connectivity index is 1.14. The number of benzene rings is 1. The molecule has 39 heavy (non-hydrogen) atoms. The van der Waals surface area contributed by atoms with E-state index < -0.39 is 0 Å². The SMILES string of the molecule is CC1(C)C(NC(=O)c2cnc(N3CC(OC4CCC(O)CC4)C3)nc2)C(C)(C)C1Oc1ccc(C#N)c(Cl)c1. The molecule has 1 aliphatic heterocycles. The summed E-state index contributed by atoms with van der Waals surface area (Å²) in [6.45, 7) is 9.71. The fourth-order valence-corrected chi connectivity index (χ4v) is 6.77. The highest BCUT2D eigenvalue weighted by Gasteiger charge is 2.64. The molecule has 208 valence electrons. The van der Waals surface area contributed by atoms with Crippen molar-refractivity contribution in [2.24, 2.45) is 10.8 Å². The van der Waals surface area contributed by atoms with Crippen LogP contribution in [0, 0.1) is 22.2 Å². The van der Waals surface area contributed by atoms with Gasteiger partial charge in [0.25, 0.3) is 5.91 Å². The third-order valence-corrected chi connectivity index (χ3v) is 8.80. The molecule has 3 aliphatic rings. The zero-order valence-electron chi connectivity index (χ0n) is 22.9. The molecule has 2 saturated carbocycles. The van der Waals surface area contributed by atoms with Crippen molar-refractivity contribution in [2.75, 3.05) is 18.0 Å². The monoisotopic (exact) mass is 553 g/mol. The fraction of sp³-hybridized carbons (Fsp3) is 0.586. The number of nitrogens with zero attached hydrogens (tertiary/aromatic N) is 4. The van der Waals surface area contributed by atoms with E-state index in [0.717, 1.165) is 38.8 Å². The second-order valence-electron chi connectivity index (χ2n) is 12.2. The number of aliphatic hydroxyl groups is 1. The molecular formula is C29H36ClN5O4. The third-order valence-electron chi connectivity index (χ3n) is 8.49. The summed E-state index contributed by atoms with van der Waals surface area (Å²) < 4.78 is 12.5. The number of aliphatic hydroxyl groups excluding tert-OH is 1. The summed E-state index contributed by atoms with van der Waals surface area (Å²) in [5.74, 6) is 0.955. The zero-order chi connectivity index (χ0) is 27.9. The van der Waals surface area contributed by atoms with E-state index in [9.17, 15) is 9.90 Å². The van der Waals surface area contributed by atoms with Gasteiger partial charge in [-0.2, -0.15) is 5.26 Å². The number of nitrogens with one attached hydrogen (secondary N) is 1. The van der Waals surface area contributed by atoms with E-state index >= 15 is 0 Å². The van der Waals surface area contributed by atoms with Gasteiger partial charge in [-0.1, -0.05) is 39.3 Å². The van der Waals surface area contributed by atoms with Crippen LogP contribution in [0.1, 0.15) is 69.3 Å². The van der Waals surface area contributed by atoms with Crippen LogP contribution in [0.4, 0.5) is 5.95 Å². The fourth-order valence-electron chi connectivity index (χ4n) is 6.55. The first-order valence-electron chi connectivity index (χ1n) is 13.6. The molecule has 3 fully saturated rings. The average molecular weight is 554 g/mol. The molecule has 1 saturated heterocycles. The highest BCUT2D eigenvalue weighted by Crippen LogP contribution is 2.55. The van der Waals surface area contributed by atoms with Crippen LogP contribution in [0.15, 0.2) is 30.6 Å². The number of hydrogen-bond acceptors (Lipinski definition) is 8. The number of nitriles is 1. The first kappa shape index (κ1) is 27.6. The second-order valence-corrected chi connectivity index (χ2v) is 12.6. The lowest BCUT2D eigenvalue weighted by Gasteiger charge is -2.63. The standard InChI is InChI=1S/C29H36ClN5O4/c1-28(2)25(29(3,4)26(28)39-21-8-5-17(12-31)23(30)11-21)34-24(37)18-13-32-27(33-14-18)35-15-22(16-35)38-20-9-6-19(36)7-10-20/h5,8,11,13-14,19-20,22,25-26,36H,6-7,9-10,15-16H2,1-4H3,(H,34,37). The van der Waals surface area contributed by atoms with E-state index in [2.05, 4.69) is 49.0 Å². The van der Waals surface area contributed by atoms with Gasteiger partial charge in [-0.3, -0.25) is 4.79 Å². The van der Waals surface area contributed by atoms with Crippen molar-refractivity contribution < 1.29 is 19.4 Å². The first-order chi connectivity index (χ1) is 18.5. The van der Waals surface area contributed by atoms with Crippen LogP contribution in [-0.4, -0.2) is 64.5 Å². The Labute approximate surface area is 234 Å². The minimum atomic E-state index is -0.358.